The maximum Gasteiger partial charge on any atom is 0.357 e. The van der Waals surface area contributed by atoms with Crippen LogP contribution in [0.25, 0.3) is 0 Å². The second-order valence-electron chi connectivity index (χ2n) is 4.48. The predicted molar refractivity (Wildman–Crippen MR) is 89.4 cm³/mol. The number of ether oxygens (including phenoxy) is 2. The van der Waals surface area contributed by atoms with Crippen molar-refractivity contribution in [2.45, 2.75) is 4.90 Å². The number of nitrogens with one attached hydrogen (secondary N) is 1. The van der Waals surface area contributed by atoms with Gasteiger partial charge in [-0.05, 0) is 29.2 Å². The third-order valence-corrected chi connectivity index (χ3v) is 4.60. The Balaban J connectivity index is 2.28. The molecule has 2 aromatic carbocycles. The molecule has 0 bridgehead atoms. The Morgan fingerprint density at radius 2 is 1.75 bits per heavy atom. The molecule has 0 unspecified atom stereocenters. The lowest BCUT2D eigenvalue weighted by atomic mass is 10.2. The van der Waals surface area contributed by atoms with Gasteiger partial charge in [0, 0.05) is 4.47 Å². The average Bonchev–Trinajstić information content (AvgIpc) is 2.59. The first kappa shape index (κ1) is 18.2. The van der Waals surface area contributed by atoms with Crippen molar-refractivity contribution in [1.82, 2.24) is 4.89 Å². The van der Waals surface area contributed by atoms with Gasteiger partial charge in [0.2, 0.25) is 0 Å². The molecule has 0 aliphatic carbocycles. The summed E-state index contributed by atoms with van der Waals surface area (Å²) in [6.45, 7) is 0. The molecule has 2 rings (SSSR count). The van der Waals surface area contributed by atoms with Crippen molar-refractivity contribution in [3.8, 4) is 11.5 Å². The van der Waals surface area contributed by atoms with Crippen LogP contribution in [0.4, 0.5) is 0 Å². The zero-order chi connectivity index (χ0) is 17.7. The van der Waals surface area contributed by atoms with Crippen LogP contribution >= 0.6 is 15.9 Å². The van der Waals surface area contributed by atoms with Crippen molar-refractivity contribution < 1.29 is 27.5 Å². The Morgan fingerprint density at radius 1 is 1.08 bits per heavy atom. The van der Waals surface area contributed by atoms with Gasteiger partial charge in [0.05, 0.1) is 19.8 Å². The minimum Gasteiger partial charge on any atom is -0.493 e. The summed E-state index contributed by atoms with van der Waals surface area (Å²) in [6.07, 6.45) is 0. The molecule has 7 nitrogen and oxygen atoms in total. The summed E-state index contributed by atoms with van der Waals surface area (Å²) >= 11 is 3.19. The van der Waals surface area contributed by atoms with E-state index in [0.717, 1.165) is 0 Å². The first-order valence-electron chi connectivity index (χ1n) is 6.58. The summed E-state index contributed by atoms with van der Waals surface area (Å²) in [5.74, 6) is -0.634. The average molecular weight is 416 g/mol. The molecule has 0 aliphatic rings. The number of halogens is 1. The molecular formula is C15H14BrNO6S. The van der Waals surface area contributed by atoms with E-state index in [-0.39, 0.29) is 22.0 Å². The van der Waals surface area contributed by atoms with Crippen LogP contribution in [0.15, 0.2) is 51.8 Å². The topological polar surface area (TPSA) is 90.9 Å². The SMILES string of the molecule is COc1cc(Br)cc(S(=O)(=O)NOC(=O)c2ccccc2)c1OC. The molecule has 0 heterocycles. The van der Waals surface area contributed by atoms with Crippen molar-refractivity contribution in [3.63, 3.8) is 0 Å². The van der Waals surface area contributed by atoms with Gasteiger partial charge < -0.3 is 14.3 Å². The Labute approximate surface area is 147 Å². The van der Waals surface area contributed by atoms with Gasteiger partial charge in [0.1, 0.15) is 4.90 Å². The largest absolute Gasteiger partial charge is 0.493 e. The minimum atomic E-state index is -4.19. The van der Waals surface area contributed by atoms with Crippen molar-refractivity contribution >= 4 is 31.9 Å². The Kier molecular flexibility index (Phi) is 5.81. The Hall–Kier alpha value is -2.10. The molecule has 0 aliphatic heterocycles. The van der Waals surface area contributed by atoms with Gasteiger partial charge in [0.15, 0.2) is 11.5 Å². The van der Waals surface area contributed by atoms with E-state index in [0.29, 0.717) is 4.47 Å². The monoisotopic (exact) mass is 415 g/mol. The lowest BCUT2D eigenvalue weighted by molar-refractivity contribution is 0.0407. The van der Waals surface area contributed by atoms with Crippen LogP contribution in [0.3, 0.4) is 0 Å². The molecular weight excluding hydrogens is 402 g/mol. The fraction of sp³-hybridized carbons (Fsp3) is 0.133. The van der Waals surface area contributed by atoms with Crippen LogP contribution in [0.1, 0.15) is 10.4 Å². The normalized spacial score (nSPS) is 11.0. The van der Waals surface area contributed by atoms with Gasteiger partial charge in [0.25, 0.3) is 10.0 Å². The summed E-state index contributed by atoms with van der Waals surface area (Å²) in [5, 5.41) is 0. The number of carbonyl (C=O) groups is 1. The van der Waals surface area contributed by atoms with E-state index in [4.69, 9.17) is 9.47 Å². The van der Waals surface area contributed by atoms with E-state index in [1.165, 1.54) is 32.4 Å². The maximum atomic E-state index is 12.4. The molecule has 0 spiro atoms. The van der Waals surface area contributed by atoms with Crippen molar-refractivity contribution in [1.29, 1.82) is 0 Å². The highest BCUT2D eigenvalue weighted by molar-refractivity contribution is 9.10. The number of hydrogen-bond donors (Lipinski definition) is 1. The molecule has 0 aromatic heterocycles. The van der Waals surface area contributed by atoms with E-state index >= 15 is 0 Å². The standard InChI is InChI=1S/C15H14BrNO6S/c1-21-12-8-11(16)9-13(14(12)22-2)24(19,20)17-23-15(18)10-6-4-3-5-7-10/h3-9,17H,1-2H3. The Morgan fingerprint density at radius 3 is 2.33 bits per heavy atom. The lowest BCUT2D eigenvalue weighted by Crippen LogP contribution is -2.27. The molecule has 128 valence electrons. The summed E-state index contributed by atoms with van der Waals surface area (Å²) in [7, 11) is -1.50. The molecule has 24 heavy (non-hydrogen) atoms. The van der Waals surface area contributed by atoms with Crippen LogP contribution < -0.4 is 14.4 Å². The maximum absolute atomic E-state index is 12.4. The van der Waals surface area contributed by atoms with Crippen LogP contribution in [-0.4, -0.2) is 28.6 Å². The van der Waals surface area contributed by atoms with E-state index in [1.807, 2.05) is 0 Å². The Bertz CT molecular complexity index is 839. The van der Waals surface area contributed by atoms with Gasteiger partial charge in [-0.2, -0.15) is 0 Å². The fourth-order valence-corrected chi connectivity index (χ4v) is 3.44. The molecule has 0 amide bonds. The highest BCUT2D eigenvalue weighted by Gasteiger charge is 2.25. The van der Waals surface area contributed by atoms with Gasteiger partial charge in [-0.25, -0.2) is 13.2 Å². The summed E-state index contributed by atoms with van der Waals surface area (Å²) < 4.78 is 35.5. The molecule has 2 aromatic rings. The first-order valence-corrected chi connectivity index (χ1v) is 8.86. The molecule has 0 atom stereocenters. The summed E-state index contributed by atoms with van der Waals surface area (Å²) in [6, 6.07) is 10.8. The van der Waals surface area contributed by atoms with E-state index in [2.05, 4.69) is 20.8 Å². The van der Waals surface area contributed by atoms with E-state index in [9.17, 15) is 13.2 Å². The van der Waals surface area contributed by atoms with Gasteiger partial charge >= 0.3 is 5.97 Å². The second-order valence-corrected chi connectivity index (χ2v) is 7.01. The fourth-order valence-electron chi connectivity index (χ4n) is 1.87. The lowest BCUT2D eigenvalue weighted by Gasteiger charge is -2.14. The molecule has 1 N–H and O–H groups in total. The van der Waals surface area contributed by atoms with Crippen molar-refractivity contribution in [2.75, 3.05) is 14.2 Å². The van der Waals surface area contributed by atoms with Gasteiger partial charge in [-0.15, -0.1) is 0 Å². The highest BCUT2D eigenvalue weighted by Crippen LogP contribution is 2.37. The molecule has 9 heteroatoms. The smallest absolute Gasteiger partial charge is 0.357 e. The van der Waals surface area contributed by atoms with Crippen LogP contribution in [0, 0.1) is 0 Å². The zero-order valence-corrected chi connectivity index (χ0v) is 15.2. The number of carbonyl (C=O) groups excluding carboxylic acids is 1. The third-order valence-electron chi connectivity index (χ3n) is 2.95. The third kappa shape index (κ3) is 4.05. The van der Waals surface area contributed by atoms with Crippen LogP contribution in [0.2, 0.25) is 0 Å². The summed E-state index contributed by atoms with van der Waals surface area (Å²) in [5.41, 5.74) is 0.207. The van der Waals surface area contributed by atoms with Crippen LogP contribution in [0.5, 0.6) is 11.5 Å². The number of rotatable bonds is 6. The van der Waals surface area contributed by atoms with Gasteiger partial charge in [-0.3, -0.25) is 0 Å². The molecule has 0 fully saturated rings. The number of sulfonamides is 1. The van der Waals surface area contributed by atoms with Gasteiger partial charge in [-0.1, -0.05) is 34.1 Å². The molecule has 0 saturated heterocycles. The number of hydrogen-bond acceptors (Lipinski definition) is 6. The molecule has 0 saturated carbocycles. The zero-order valence-electron chi connectivity index (χ0n) is 12.8. The van der Waals surface area contributed by atoms with Crippen LogP contribution in [-0.2, 0) is 14.9 Å². The van der Waals surface area contributed by atoms with E-state index in [1.54, 1.807) is 29.2 Å². The summed E-state index contributed by atoms with van der Waals surface area (Å²) in [4.78, 5) is 18.1. The first-order chi connectivity index (χ1) is 11.4. The quantitative estimate of drug-likeness (QED) is 0.728. The van der Waals surface area contributed by atoms with E-state index < -0.39 is 16.0 Å². The van der Waals surface area contributed by atoms with Crippen molar-refractivity contribution in [2.24, 2.45) is 0 Å². The predicted octanol–water partition coefficient (Wildman–Crippen LogP) is 2.52. The number of methoxy groups -OCH3 is 2. The minimum absolute atomic E-state index is 0.0102. The second kappa shape index (κ2) is 7.65. The highest BCUT2D eigenvalue weighted by atomic mass is 79.9. The molecule has 0 radical (unpaired) electrons. The van der Waals surface area contributed by atoms with Crippen molar-refractivity contribution in [3.05, 3.63) is 52.5 Å². The number of benzene rings is 2.